The molecule has 4 amide bonds. The molecule has 41 heavy (non-hydrogen) atoms. The summed E-state index contributed by atoms with van der Waals surface area (Å²) in [6, 6.07) is 9.49. The zero-order valence-electron chi connectivity index (χ0n) is 25.1. The molecule has 10 nitrogen and oxygen atoms in total. The molecule has 0 saturated carbocycles. The van der Waals surface area contributed by atoms with Gasteiger partial charge in [-0.25, -0.2) is 4.79 Å². The molecular formula is C31H43N5O5. The lowest BCUT2D eigenvalue weighted by Gasteiger charge is -2.34. The van der Waals surface area contributed by atoms with E-state index in [0.717, 1.165) is 0 Å². The van der Waals surface area contributed by atoms with Crippen LogP contribution in [0.1, 0.15) is 53.9 Å². The minimum absolute atomic E-state index is 0.0152. The fraction of sp³-hybridized carbons (Fsp3) is 0.581. The van der Waals surface area contributed by atoms with Gasteiger partial charge in [0.1, 0.15) is 17.7 Å². The van der Waals surface area contributed by atoms with Gasteiger partial charge in [-0.1, -0.05) is 38.1 Å². The number of ether oxygens (including phenoxy) is 1. The predicted octanol–water partition coefficient (Wildman–Crippen LogP) is 4.05. The largest absolute Gasteiger partial charge is 0.444 e. The molecule has 3 rings (SSSR count). The van der Waals surface area contributed by atoms with Gasteiger partial charge in [-0.2, -0.15) is 5.26 Å². The molecule has 222 valence electrons. The number of hydrogen-bond acceptors (Lipinski definition) is 6. The molecule has 0 aliphatic carbocycles. The number of likely N-dealkylation sites (N-methyl/N-ethyl adjacent to an activating group) is 1. The smallest absolute Gasteiger partial charge is 0.410 e. The van der Waals surface area contributed by atoms with E-state index in [2.05, 4.69) is 18.0 Å². The highest BCUT2D eigenvalue weighted by atomic mass is 16.6. The molecule has 2 saturated heterocycles. The lowest BCUT2D eigenvalue weighted by Crippen LogP contribution is -2.53. The topological polar surface area (TPSA) is 123 Å². The van der Waals surface area contributed by atoms with Crippen LogP contribution in [0.5, 0.6) is 0 Å². The van der Waals surface area contributed by atoms with E-state index in [9.17, 15) is 24.4 Å². The number of rotatable bonds is 8. The van der Waals surface area contributed by atoms with Gasteiger partial charge in [0.05, 0.1) is 17.4 Å². The van der Waals surface area contributed by atoms with E-state index in [1.165, 1.54) is 20.8 Å². The first-order valence-electron chi connectivity index (χ1n) is 14.2. The summed E-state index contributed by atoms with van der Waals surface area (Å²) >= 11 is 0. The standard InChI is InChI=1S/C31H43N5O5/c1-8-31(28(39)33-23-12-10-9-11-13-23)17-24(18-32)36(20-31)27(38)25(16-21(2)3)34(7)26(37)22-14-15-35(19-22)29(40)41-30(4,5)6/h8-13,21-22,24-25H,1,14-17,19-20H2,2-7H3,(H,33,39)/t22-,24-,25-,31-/m0/s1. The van der Waals surface area contributed by atoms with Gasteiger partial charge in [0.15, 0.2) is 0 Å². The molecule has 0 bridgehead atoms. The Kier molecular flexibility index (Phi) is 9.85. The lowest BCUT2D eigenvalue weighted by molar-refractivity contribution is -0.147. The molecule has 1 N–H and O–H groups in total. The predicted molar refractivity (Wildman–Crippen MR) is 155 cm³/mol. The van der Waals surface area contributed by atoms with E-state index in [-0.39, 0.29) is 43.1 Å². The van der Waals surface area contributed by atoms with Crippen LogP contribution in [0.4, 0.5) is 10.5 Å². The summed E-state index contributed by atoms with van der Waals surface area (Å²) < 4.78 is 5.46. The summed E-state index contributed by atoms with van der Waals surface area (Å²) in [6.45, 7) is 13.8. The first-order valence-corrected chi connectivity index (χ1v) is 14.2. The van der Waals surface area contributed by atoms with E-state index in [4.69, 9.17) is 4.74 Å². The van der Waals surface area contributed by atoms with Crippen LogP contribution in [0.2, 0.25) is 0 Å². The molecule has 0 aromatic heterocycles. The van der Waals surface area contributed by atoms with Gasteiger partial charge in [0, 0.05) is 38.8 Å². The Hall–Kier alpha value is -3.87. The molecule has 1 aromatic carbocycles. The van der Waals surface area contributed by atoms with Gasteiger partial charge in [0.25, 0.3) is 0 Å². The van der Waals surface area contributed by atoms with Gasteiger partial charge in [0.2, 0.25) is 17.7 Å². The van der Waals surface area contributed by atoms with Crippen molar-refractivity contribution >= 4 is 29.5 Å². The molecule has 10 heteroatoms. The van der Waals surface area contributed by atoms with Crippen LogP contribution in [-0.2, 0) is 19.1 Å². The third kappa shape index (κ3) is 7.46. The van der Waals surface area contributed by atoms with Gasteiger partial charge in [-0.15, -0.1) is 6.58 Å². The summed E-state index contributed by atoms with van der Waals surface area (Å²) in [5.41, 5.74) is -1.19. The van der Waals surface area contributed by atoms with Crippen LogP contribution < -0.4 is 5.32 Å². The molecule has 2 aliphatic heterocycles. The number of amides is 4. The molecule has 0 unspecified atom stereocenters. The van der Waals surface area contributed by atoms with Crippen molar-refractivity contribution in [3.63, 3.8) is 0 Å². The summed E-state index contributed by atoms with van der Waals surface area (Å²) in [4.78, 5) is 58.0. The Balaban J connectivity index is 1.78. The normalized spacial score (nSPS) is 23.1. The van der Waals surface area contributed by atoms with Gasteiger partial charge in [-0.3, -0.25) is 14.4 Å². The van der Waals surface area contributed by atoms with E-state index in [0.29, 0.717) is 25.1 Å². The molecule has 0 radical (unpaired) electrons. The number of carbonyl (C=O) groups is 4. The fourth-order valence-corrected chi connectivity index (χ4v) is 5.42. The highest BCUT2D eigenvalue weighted by Gasteiger charge is 2.51. The average Bonchev–Trinajstić information content (AvgIpc) is 3.56. The van der Waals surface area contributed by atoms with Crippen LogP contribution >= 0.6 is 0 Å². The number of hydrogen-bond donors (Lipinski definition) is 1. The Morgan fingerprint density at radius 3 is 2.46 bits per heavy atom. The van der Waals surface area contributed by atoms with Gasteiger partial charge in [-0.05, 0) is 51.7 Å². The van der Waals surface area contributed by atoms with Crippen LogP contribution in [0.15, 0.2) is 43.0 Å². The Morgan fingerprint density at radius 2 is 1.90 bits per heavy atom. The van der Waals surface area contributed by atoms with E-state index in [1.54, 1.807) is 52.1 Å². The SMILES string of the molecule is C=C[C@]1(C(=O)Nc2ccccc2)C[C@@H](C#N)N(C(=O)[C@H](CC(C)C)N(C)C(=O)[C@H]2CCN(C(=O)OC(C)(C)C)C2)C1. The highest BCUT2D eigenvalue weighted by molar-refractivity contribution is 5.98. The van der Waals surface area contributed by atoms with Crippen molar-refractivity contribution in [1.29, 1.82) is 5.26 Å². The summed E-state index contributed by atoms with van der Waals surface area (Å²) in [5.74, 6) is -1.34. The number of nitrogens with zero attached hydrogens (tertiary/aromatic N) is 4. The third-order valence-corrected chi connectivity index (χ3v) is 7.68. The summed E-state index contributed by atoms with van der Waals surface area (Å²) in [7, 11) is 1.60. The molecule has 0 spiro atoms. The maximum atomic E-state index is 14.1. The zero-order valence-corrected chi connectivity index (χ0v) is 25.1. The number of nitriles is 1. The van der Waals surface area contributed by atoms with Crippen molar-refractivity contribution in [3.05, 3.63) is 43.0 Å². The average molecular weight is 566 g/mol. The number of likely N-dealkylation sites (tertiary alicyclic amines) is 2. The molecule has 4 atom stereocenters. The minimum atomic E-state index is -1.16. The van der Waals surface area contributed by atoms with Gasteiger partial charge >= 0.3 is 6.09 Å². The first-order chi connectivity index (χ1) is 19.2. The number of nitrogens with one attached hydrogen (secondary N) is 1. The Labute approximate surface area is 243 Å². The Morgan fingerprint density at radius 1 is 1.24 bits per heavy atom. The number of para-hydroxylation sites is 1. The second-order valence-electron chi connectivity index (χ2n) is 12.5. The van der Waals surface area contributed by atoms with Crippen molar-refractivity contribution in [3.8, 4) is 6.07 Å². The monoisotopic (exact) mass is 565 g/mol. The van der Waals surface area contributed by atoms with Crippen LogP contribution in [0.25, 0.3) is 0 Å². The molecule has 2 aliphatic rings. The Bertz CT molecular complexity index is 1190. The molecule has 2 fully saturated rings. The first kappa shape index (κ1) is 31.7. The quantitative estimate of drug-likeness (QED) is 0.475. The van der Waals surface area contributed by atoms with Crippen molar-refractivity contribution in [1.82, 2.24) is 14.7 Å². The van der Waals surface area contributed by atoms with E-state index in [1.807, 2.05) is 19.9 Å². The molecule has 1 aromatic rings. The molecular weight excluding hydrogens is 522 g/mol. The third-order valence-electron chi connectivity index (χ3n) is 7.68. The van der Waals surface area contributed by atoms with Crippen molar-refractivity contribution in [2.45, 2.75) is 71.6 Å². The summed E-state index contributed by atoms with van der Waals surface area (Å²) in [6.07, 6.45) is 2.01. The van der Waals surface area contributed by atoms with Crippen molar-refractivity contribution in [2.24, 2.45) is 17.3 Å². The van der Waals surface area contributed by atoms with Crippen LogP contribution in [0, 0.1) is 28.6 Å². The minimum Gasteiger partial charge on any atom is -0.444 e. The second-order valence-corrected chi connectivity index (χ2v) is 12.5. The maximum absolute atomic E-state index is 14.1. The lowest BCUT2D eigenvalue weighted by atomic mass is 9.84. The maximum Gasteiger partial charge on any atom is 0.410 e. The highest BCUT2D eigenvalue weighted by Crippen LogP contribution is 2.38. The van der Waals surface area contributed by atoms with E-state index >= 15 is 0 Å². The van der Waals surface area contributed by atoms with E-state index < -0.39 is 35.1 Å². The summed E-state index contributed by atoms with van der Waals surface area (Å²) in [5, 5.41) is 12.9. The van der Waals surface area contributed by atoms with Crippen LogP contribution in [0.3, 0.4) is 0 Å². The number of anilines is 1. The fourth-order valence-electron chi connectivity index (χ4n) is 5.42. The van der Waals surface area contributed by atoms with Gasteiger partial charge < -0.3 is 24.8 Å². The van der Waals surface area contributed by atoms with Crippen LogP contribution in [-0.4, -0.2) is 82.9 Å². The molecule has 2 heterocycles. The zero-order chi connectivity index (χ0) is 30.5. The van der Waals surface area contributed by atoms with Crippen molar-refractivity contribution < 1.29 is 23.9 Å². The van der Waals surface area contributed by atoms with Crippen molar-refractivity contribution in [2.75, 3.05) is 32.0 Å². The second kappa shape index (κ2) is 12.8. The number of carbonyl (C=O) groups excluding carboxylic acids is 4. The number of benzene rings is 1.